The van der Waals surface area contributed by atoms with E-state index in [-0.39, 0.29) is 5.75 Å². The van der Waals surface area contributed by atoms with Gasteiger partial charge in [-0.1, -0.05) is 31.5 Å². The first-order chi connectivity index (χ1) is 9.21. The van der Waals surface area contributed by atoms with Crippen molar-refractivity contribution in [3.05, 3.63) is 29.3 Å². The molecule has 0 saturated carbocycles. The number of hydrogen-bond acceptors (Lipinski definition) is 3. The Balaban J connectivity index is 2.86. The zero-order valence-corrected chi connectivity index (χ0v) is 14.1. The first-order valence-electron chi connectivity index (χ1n) is 6.84. The summed E-state index contributed by atoms with van der Waals surface area (Å²) in [4.78, 5) is 0. The van der Waals surface area contributed by atoms with Gasteiger partial charge in [-0.2, -0.15) is 0 Å². The lowest BCUT2D eigenvalue weighted by atomic mass is 9.85. The molecule has 5 heteroatoms. The normalized spacial score (nSPS) is 12.4. The molecule has 0 radical (unpaired) electrons. The van der Waals surface area contributed by atoms with Crippen molar-refractivity contribution in [3.63, 3.8) is 0 Å². The molecule has 0 bridgehead atoms. The van der Waals surface area contributed by atoms with Crippen molar-refractivity contribution < 1.29 is 13.2 Å². The van der Waals surface area contributed by atoms with Crippen LogP contribution in [0.15, 0.2) is 18.2 Å². The van der Waals surface area contributed by atoms with Crippen molar-refractivity contribution in [3.8, 4) is 5.75 Å². The third-order valence-electron chi connectivity index (χ3n) is 3.84. The molecule has 0 aliphatic carbocycles. The molecule has 20 heavy (non-hydrogen) atoms. The molecule has 1 aromatic rings. The Morgan fingerprint density at radius 3 is 2.25 bits per heavy atom. The highest BCUT2D eigenvalue weighted by Gasteiger charge is 2.32. The van der Waals surface area contributed by atoms with Crippen LogP contribution in [0.1, 0.15) is 37.8 Å². The molecular formula is C15H23ClO3S. The topological polar surface area (TPSA) is 43.4 Å². The predicted octanol–water partition coefficient (Wildman–Crippen LogP) is 4.06. The summed E-state index contributed by atoms with van der Waals surface area (Å²) < 4.78 is 28.7. The summed E-state index contributed by atoms with van der Waals surface area (Å²) in [5.41, 5.74) is 1.80. The van der Waals surface area contributed by atoms with Crippen LogP contribution in [0.2, 0.25) is 0 Å². The van der Waals surface area contributed by atoms with Gasteiger partial charge in [0.25, 0.3) is 0 Å². The number of rotatable bonds is 7. The minimum atomic E-state index is -3.53. The molecule has 0 aliphatic rings. The maximum atomic E-state index is 11.4. The third-order valence-corrected chi connectivity index (χ3v) is 5.13. The Bertz CT molecular complexity index is 548. The van der Waals surface area contributed by atoms with Gasteiger partial charge < -0.3 is 4.74 Å². The van der Waals surface area contributed by atoms with Crippen molar-refractivity contribution in [1.29, 1.82) is 0 Å². The second-order valence-electron chi connectivity index (χ2n) is 5.45. The standard InChI is InChI=1S/C15H23ClO3S/c1-5-15(6-2,11-20(16,17)18)10-19-14-8-7-12(3)9-13(14)4/h7-9H,5-6,10-11H2,1-4H3. The van der Waals surface area contributed by atoms with Gasteiger partial charge in [0.1, 0.15) is 5.75 Å². The molecule has 0 N–H and O–H groups in total. The van der Waals surface area contributed by atoms with E-state index < -0.39 is 14.5 Å². The van der Waals surface area contributed by atoms with Crippen LogP contribution in [0.3, 0.4) is 0 Å². The van der Waals surface area contributed by atoms with Gasteiger partial charge in [0.15, 0.2) is 0 Å². The average Bonchev–Trinajstić information content (AvgIpc) is 2.35. The highest BCUT2D eigenvalue weighted by Crippen LogP contribution is 2.31. The lowest BCUT2D eigenvalue weighted by Gasteiger charge is -2.30. The van der Waals surface area contributed by atoms with Crippen LogP contribution >= 0.6 is 10.7 Å². The average molecular weight is 319 g/mol. The largest absolute Gasteiger partial charge is 0.493 e. The summed E-state index contributed by atoms with van der Waals surface area (Å²) in [7, 11) is 1.89. The zero-order valence-electron chi connectivity index (χ0n) is 12.6. The van der Waals surface area contributed by atoms with Crippen molar-refractivity contribution in [2.24, 2.45) is 5.41 Å². The molecule has 0 saturated heterocycles. The molecule has 1 rings (SSSR count). The minimum absolute atomic E-state index is 0.0561. The molecule has 0 heterocycles. The number of benzene rings is 1. The Hall–Kier alpha value is -0.740. The molecule has 1 aromatic carbocycles. The van der Waals surface area contributed by atoms with Crippen molar-refractivity contribution in [1.82, 2.24) is 0 Å². The van der Waals surface area contributed by atoms with E-state index in [1.165, 1.54) is 5.56 Å². The fourth-order valence-corrected chi connectivity index (χ4v) is 4.18. The van der Waals surface area contributed by atoms with E-state index in [9.17, 15) is 8.42 Å². The van der Waals surface area contributed by atoms with Crippen LogP contribution in [-0.4, -0.2) is 20.8 Å². The Morgan fingerprint density at radius 1 is 1.20 bits per heavy atom. The van der Waals surface area contributed by atoms with Crippen LogP contribution in [0.5, 0.6) is 5.75 Å². The fraction of sp³-hybridized carbons (Fsp3) is 0.600. The molecular weight excluding hydrogens is 296 g/mol. The maximum Gasteiger partial charge on any atom is 0.233 e. The van der Waals surface area contributed by atoms with Gasteiger partial charge in [0.05, 0.1) is 12.4 Å². The number of hydrogen-bond donors (Lipinski definition) is 0. The Kier molecular flexibility index (Phi) is 5.90. The van der Waals surface area contributed by atoms with Crippen LogP contribution in [-0.2, 0) is 9.05 Å². The summed E-state index contributed by atoms with van der Waals surface area (Å²) in [5.74, 6) is 0.744. The summed E-state index contributed by atoms with van der Waals surface area (Å²) in [6.07, 6.45) is 1.42. The van der Waals surface area contributed by atoms with Gasteiger partial charge in [0.2, 0.25) is 9.05 Å². The summed E-state index contributed by atoms with van der Waals surface area (Å²) in [6.45, 7) is 8.31. The van der Waals surface area contributed by atoms with Crippen LogP contribution in [0, 0.1) is 19.3 Å². The Labute approximate surface area is 126 Å². The SMILES string of the molecule is CCC(CC)(COc1ccc(C)cc1C)CS(=O)(=O)Cl. The first kappa shape index (κ1) is 17.3. The van der Waals surface area contributed by atoms with Crippen LogP contribution in [0.4, 0.5) is 0 Å². The molecule has 114 valence electrons. The highest BCUT2D eigenvalue weighted by molar-refractivity contribution is 8.13. The summed E-state index contributed by atoms with van der Waals surface area (Å²) in [5, 5.41) is 0. The van der Waals surface area contributed by atoms with Gasteiger partial charge in [-0.3, -0.25) is 0 Å². The van der Waals surface area contributed by atoms with Gasteiger partial charge in [-0.15, -0.1) is 0 Å². The minimum Gasteiger partial charge on any atom is -0.493 e. The smallest absolute Gasteiger partial charge is 0.233 e. The highest BCUT2D eigenvalue weighted by atomic mass is 35.7. The first-order valence-corrected chi connectivity index (χ1v) is 9.31. The molecule has 0 fully saturated rings. The fourth-order valence-electron chi connectivity index (χ4n) is 2.26. The van der Waals surface area contributed by atoms with E-state index in [0.717, 1.165) is 11.3 Å². The van der Waals surface area contributed by atoms with Crippen molar-refractivity contribution >= 4 is 19.7 Å². The van der Waals surface area contributed by atoms with Gasteiger partial charge >= 0.3 is 0 Å². The maximum absolute atomic E-state index is 11.4. The zero-order chi connectivity index (χ0) is 15.4. The van der Waals surface area contributed by atoms with Crippen LogP contribution < -0.4 is 4.74 Å². The second-order valence-corrected chi connectivity index (χ2v) is 8.22. The Morgan fingerprint density at radius 2 is 1.80 bits per heavy atom. The lowest BCUT2D eigenvalue weighted by Crippen LogP contribution is -2.33. The predicted molar refractivity (Wildman–Crippen MR) is 84.1 cm³/mol. The van der Waals surface area contributed by atoms with E-state index in [1.54, 1.807) is 0 Å². The monoisotopic (exact) mass is 318 g/mol. The van der Waals surface area contributed by atoms with Crippen LogP contribution in [0.25, 0.3) is 0 Å². The van der Waals surface area contributed by atoms with E-state index in [2.05, 4.69) is 0 Å². The lowest BCUT2D eigenvalue weighted by molar-refractivity contribution is 0.154. The van der Waals surface area contributed by atoms with Crippen molar-refractivity contribution in [2.45, 2.75) is 40.5 Å². The molecule has 0 amide bonds. The summed E-state index contributed by atoms with van der Waals surface area (Å²) in [6, 6.07) is 5.96. The molecule has 0 atom stereocenters. The molecule has 0 aliphatic heterocycles. The van der Waals surface area contributed by atoms with Gasteiger partial charge in [-0.05, 0) is 38.3 Å². The third kappa shape index (κ3) is 4.98. The van der Waals surface area contributed by atoms with E-state index in [1.807, 2.05) is 45.9 Å². The number of aryl methyl sites for hydroxylation is 2. The number of ether oxygens (including phenoxy) is 1. The summed E-state index contributed by atoms with van der Waals surface area (Å²) >= 11 is 0. The van der Waals surface area contributed by atoms with Crippen molar-refractivity contribution in [2.75, 3.05) is 12.4 Å². The molecule has 0 unspecified atom stereocenters. The van der Waals surface area contributed by atoms with Gasteiger partial charge in [-0.25, -0.2) is 8.42 Å². The molecule has 0 spiro atoms. The van der Waals surface area contributed by atoms with E-state index >= 15 is 0 Å². The number of halogens is 1. The molecule has 0 aromatic heterocycles. The van der Waals surface area contributed by atoms with E-state index in [4.69, 9.17) is 15.4 Å². The van der Waals surface area contributed by atoms with E-state index in [0.29, 0.717) is 19.4 Å². The second kappa shape index (κ2) is 6.81. The quantitative estimate of drug-likeness (QED) is 0.712. The van der Waals surface area contributed by atoms with Gasteiger partial charge in [0, 0.05) is 16.1 Å². The molecule has 3 nitrogen and oxygen atoms in total.